The molecule has 0 saturated carbocycles. The molecule has 1 N–H and O–H groups in total. The molecule has 1 nitrogen and oxygen atoms in total. The van der Waals surface area contributed by atoms with Crippen LogP contribution in [0.25, 0.3) is 0 Å². The lowest BCUT2D eigenvalue weighted by Crippen LogP contribution is -2.29. The largest absolute Gasteiger partial charge is 0.313 e. The Morgan fingerprint density at radius 2 is 1.82 bits per heavy atom. The van der Waals surface area contributed by atoms with Gasteiger partial charge in [0.15, 0.2) is 0 Å². The second kappa shape index (κ2) is 8.84. The summed E-state index contributed by atoms with van der Waals surface area (Å²) in [7, 11) is 0. The Morgan fingerprint density at radius 3 is 2.41 bits per heavy atom. The van der Waals surface area contributed by atoms with E-state index in [0.29, 0.717) is 6.04 Å². The van der Waals surface area contributed by atoms with Crippen LogP contribution in [0.4, 0.5) is 0 Å². The van der Waals surface area contributed by atoms with Crippen LogP contribution in [0.5, 0.6) is 0 Å². The molecule has 0 aliphatic heterocycles. The molecule has 0 bridgehead atoms. The molecule has 0 aliphatic rings. The van der Waals surface area contributed by atoms with E-state index < -0.39 is 0 Å². The predicted molar refractivity (Wildman–Crippen MR) is 80.0 cm³/mol. The van der Waals surface area contributed by atoms with E-state index in [2.05, 4.69) is 31.3 Å². The van der Waals surface area contributed by atoms with E-state index in [4.69, 9.17) is 11.6 Å². The highest BCUT2D eigenvalue weighted by Crippen LogP contribution is 2.15. The topological polar surface area (TPSA) is 12.0 Å². The molecule has 0 aromatic heterocycles. The van der Waals surface area contributed by atoms with Gasteiger partial charge in [0.2, 0.25) is 0 Å². The van der Waals surface area contributed by atoms with Gasteiger partial charge >= 0.3 is 0 Å². The molecule has 0 heterocycles. The monoisotopic (exact) mass is 271 g/mol. The summed E-state index contributed by atoms with van der Waals surface area (Å²) in [5.41, 5.74) is 1.35. The van der Waals surface area contributed by atoms with Crippen molar-refractivity contribution in [2.24, 2.45) is 0 Å². The van der Waals surface area contributed by atoms with Crippen LogP contribution in [0.15, 0.2) is 24.3 Å². The molecule has 0 amide bonds. The zero-order valence-corrected chi connectivity index (χ0v) is 12.3. The summed E-state index contributed by atoms with van der Waals surface area (Å²) in [6.07, 6.45) is 2.44. The van der Waals surface area contributed by atoms with Crippen molar-refractivity contribution in [3.05, 3.63) is 34.9 Å². The summed E-state index contributed by atoms with van der Waals surface area (Å²) in [4.78, 5) is 0. The molecule has 3 heteroatoms. The van der Waals surface area contributed by atoms with Crippen LogP contribution in [0.2, 0.25) is 5.02 Å². The second-order valence-corrected chi connectivity index (χ2v) is 5.69. The van der Waals surface area contributed by atoms with Crippen LogP contribution in [0, 0.1) is 0 Å². The van der Waals surface area contributed by atoms with Crippen molar-refractivity contribution >= 4 is 23.4 Å². The van der Waals surface area contributed by atoms with Crippen LogP contribution < -0.4 is 5.32 Å². The molecular formula is C14H22ClNS. The minimum Gasteiger partial charge on any atom is -0.313 e. The van der Waals surface area contributed by atoms with Gasteiger partial charge in [-0.2, -0.15) is 11.8 Å². The SMILES string of the molecule is CCC(CC)NCCSCc1ccc(Cl)cc1. The molecule has 0 unspecified atom stereocenters. The number of thioether (sulfide) groups is 1. The van der Waals surface area contributed by atoms with Gasteiger partial charge in [0.05, 0.1) is 0 Å². The highest BCUT2D eigenvalue weighted by molar-refractivity contribution is 7.98. The van der Waals surface area contributed by atoms with Gasteiger partial charge in [-0.25, -0.2) is 0 Å². The molecule has 1 aromatic carbocycles. The minimum atomic E-state index is 0.686. The molecule has 0 atom stereocenters. The van der Waals surface area contributed by atoms with Crippen molar-refractivity contribution in [3.8, 4) is 0 Å². The van der Waals surface area contributed by atoms with E-state index >= 15 is 0 Å². The summed E-state index contributed by atoms with van der Waals surface area (Å²) < 4.78 is 0. The van der Waals surface area contributed by atoms with Crippen molar-refractivity contribution in [2.75, 3.05) is 12.3 Å². The maximum absolute atomic E-state index is 5.85. The first-order valence-corrected chi connectivity index (χ1v) is 7.85. The molecule has 17 heavy (non-hydrogen) atoms. The molecule has 1 aromatic rings. The van der Waals surface area contributed by atoms with Crippen molar-refractivity contribution in [1.82, 2.24) is 5.32 Å². The van der Waals surface area contributed by atoms with Gasteiger partial charge in [-0.3, -0.25) is 0 Å². The van der Waals surface area contributed by atoms with Crippen molar-refractivity contribution in [3.63, 3.8) is 0 Å². The molecule has 0 spiro atoms. The average molecular weight is 272 g/mol. The van der Waals surface area contributed by atoms with Crippen molar-refractivity contribution < 1.29 is 0 Å². The second-order valence-electron chi connectivity index (χ2n) is 4.15. The first-order chi connectivity index (χ1) is 8.26. The molecular weight excluding hydrogens is 250 g/mol. The number of nitrogens with one attached hydrogen (secondary N) is 1. The highest BCUT2D eigenvalue weighted by atomic mass is 35.5. The third-order valence-corrected chi connectivity index (χ3v) is 4.13. The van der Waals surface area contributed by atoms with Gasteiger partial charge in [-0.15, -0.1) is 0 Å². The Labute approximate surface area is 114 Å². The average Bonchev–Trinajstić information content (AvgIpc) is 2.36. The number of hydrogen-bond donors (Lipinski definition) is 1. The lowest BCUT2D eigenvalue weighted by Gasteiger charge is -2.14. The summed E-state index contributed by atoms with van der Waals surface area (Å²) in [6, 6.07) is 8.80. The Bertz CT molecular complexity index is 296. The van der Waals surface area contributed by atoms with Gasteiger partial charge in [0.1, 0.15) is 0 Å². The van der Waals surface area contributed by atoms with E-state index in [1.165, 1.54) is 24.2 Å². The molecule has 96 valence electrons. The highest BCUT2D eigenvalue weighted by Gasteiger charge is 2.00. The fourth-order valence-electron chi connectivity index (χ4n) is 1.68. The lowest BCUT2D eigenvalue weighted by atomic mass is 10.2. The Morgan fingerprint density at radius 1 is 1.18 bits per heavy atom. The molecule has 0 fully saturated rings. The zero-order chi connectivity index (χ0) is 12.5. The van der Waals surface area contributed by atoms with Crippen LogP contribution >= 0.6 is 23.4 Å². The predicted octanol–water partition coefficient (Wildman–Crippen LogP) is 4.35. The third kappa shape index (κ3) is 6.35. The van der Waals surface area contributed by atoms with E-state index in [0.717, 1.165) is 17.3 Å². The first kappa shape index (κ1) is 14.9. The first-order valence-electron chi connectivity index (χ1n) is 6.31. The van der Waals surface area contributed by atoms with E-state index in [1.807, 2.05) is 23.9 Å². The maximum Gasteiger partial charge on any atom is 0.0406 e. The van der Waals surface area contributed by atoms with Gasteiger partial charge in [0, 0.05) is 29.1 Å². The fraction of sp³-hybridized carbons (Fsp3) is 0.571. The Balaban J connectivity index is 2.10. The van der Waals surface area contributed by atoms with Gasteiger partial charge in [-0.1, -0.05) is 37.6 Å². The van der Waals surface area contributed by atoms with Gasteiger partial charge in [-0.05, 0) is 30.5 Å². The summed E-state index contributed by atoms with van der Waals surface area (Å²) >= 11 is 7.81. The molecule has 1 rings (SSSR count). The smallest absolute Gasteiger partial charge is 0.0406 e. The van der Waals surface area contributed by atoms with Crippen LogP contribution in [0.1, 0.15) is 32.3 Å². The Kier molecular flexibility index (Phi) is 7.74. The quantitative estimate of drug-likeness (QED) is 0.706. The van der Waals surface area contributed by atoms with Crippen LogP contribution in [0.3, 0.4) is 0 Å². The van der Waals surface area contributed by atoms with E-state index in [9.17, 15) is 0 Å². The van der Waals surface area contributed by atoms with E-state index in [1.54, 1.807) is 0 Å². The summed E-state index contributed by atoms with van der Waals surface area (Å²) in [5.74, 6) is 2.24. The summed E-state index contributed by atoms with van der Waals surface area (Å²) in [5, 5.41) is 4.39. The number of hydrogen-bond acceptors (Lipinski definition) is 2. The molecule has 0 aliphatic carbocycles. The molecule has 0 saturated heterocycles. The maximum atomic E-state index is 5.85. The van der Waals surface area contributed by atoms with Gasteiger partial charge < -0.3 is 5.32 Å². The number of benzene rings is 1. The number of halogens is 1. The Hall–Kier alpha value is -0.180. The lowest BCUT2D eigenvalue weighted by molar-refractivity contribution is 0.501. The van der Waals surface area contributed by atoms with Crippen molar-refractivity contribution in [1.29, 1.82) is 0 Å². The van der Waals surface area contributed by atoms with Crippen LogP contribution in [-0.4, -0.2) is 18.3 Å². The van der Waals surface area contributed by atoms with Crippen molar-refractivity contribution in [2.45, 2.75) is 38.5 Å². The van der Waals surface area contributed by atoms with E-state index in [-0.39, 0.29) is 0 Å². The third-order valence-electron chi connectivity index (χ3n) is 2.85. The minimum absolute atomic E-state index is 0.686. The molecule has 0 radical (unpaired) electrons. The normalized spacial score (nSPS) is 11.1. The van der Waals surface area contributed by atoms with Crippen LogP contribution in [-0.2, 0) is 5.75 Å². The standard InChI is InChI=1S/C14H22ClNS/c1-3-14(4-2)16-9-10-17-11-12-5-7-13(15)8-6-12/h5-8,14,16H,3-4,9-11H2,1-2H3. The zero-order valence-electron chi connectivity index (χ0n) is 10.7. The fourth-order valence-corrected chi connectivity index (χ4v) is 2.64. The number of rotatable bonds is 8. The van der Waals surface area contributed by atoms with Gasteiger partial charge in [0.25, 0.3) is 0 Å². The summed E-state index contributed by atoms with van der Waals surface area (Å²) in [6.45, 7) is 5.58.